The van der Waals surface area contributed by atoms with Crippen LogP contribution in [0, 0.1) is 11.8 Å². The van der Waals surface area contributed by atoms with Crippen molar-refractivity contribution >= 4 is 0 Å². The summed E-state index contributed by atoms with van der Waals surface area (Å²) in [7, 11) is 0. The van der Waals surface area contributed by atoms with Crippen LogP contribution in [0.15, 0.2) is 0 Å². The molecule has 0 unspecified atom stereocenters. The van der Waals surface area contributed by atoms with E-state index in [0.717, 1.165) is 19.4 Å². The molecular formula is C12H28N2O. The van der Waals surface area contributed by atoms with Crippen LogP contribution in [0.4, 0.5) is 0 Å². The van der Waals surface area contributed by atoms with Crippen LogP contribution in [-0.4, -0.2) is 30.3 Å². The highest BCUT2D eigenvalue weighted by atomic mass is 16.3. The van der Waals surface area contributed by atoms with Gasteiger partial charge in [-0.15, -0.1) is 0 Å². The summed E-state index contributed by atoms with van der Waals surface area (Å²) in [5, 5.41) is 12.5. The van der Waals surface area contributed by atoms with Gasteiger partial charge in [-0.05, 0) is 18.3 Å². The maximum atomic E-state index is 9.18. The number of hydrogen-bond acceptors (Lipinski definition) is 3. The zero-order valence-electron chi connectivity index (χ0n) is 10.7. The second kappa shape index (κ2) is 8.08. The predicted molar refractivity (Wildman–Crippen MR) is 65.8 cm³/mol. The van der Waals surface area contributed by atoms with E-state index in [0.29, 0.717) is 11.8 Å². The lowest BCUT2D eigenvalue weighted by atomic mass is 9.99. The van der Waals surface area contributed by atoms with Crippen molar-refractivity contribution in [3.8, 4) is 0 Å². The molecule has 3 heteroatoms. The molecule has 0 radical (unpaired) electrons. The molecule has 0 aliphatic heterocycles. The summed E-state index contributed by atoms with van der Waals surface area (Å²) in [6.07, 6.45) is 2.11. The Morgan fingerprint density at radius 3 is 2.27 bits per heavy atom. The van der Waals surface area contributed by atoms with Crippen molar-refractivity contribution in [2.24, 2.45) is 17.6 Å². The zero-order chi connectivity index (χ0) is 11.8. The van der Waals surface area contributed by atoms with Gasteiger partial charge in [0.2, 0.25) is 0 Å². The normalized spacial score (nSPS) is 17.8. The molecule has 0 bridgehead atoms. The van der Waals surface area contributed by atoms with Gasteiger partial charge in [0.1, 0.15) is 0 Å². The fraction of sp³-hybridized carbons (Fsp3) is 1.00. The fourth-order valence-electron chi connectivity index (χ4n) is 1.60. The van der Waals surface area contributed by atoms with Gasteiger partial charge in [-0.1, -0.05) is 34.1 Å². The average Bonchev–Trinajstić information content (AvgIpc) is 2.21. The minimum atomic E-state index is 0.191. The van der Waals surface area contributed by atoms with Crippen molar-refractivity contribution in [2.75, 3.05) is 13.2 Å². The predicted octanol–water partition coefficient (Wildman–Crippen LogP) is 1.36. The van der Waals surface area contributed by atoms with Gasteiger partial charge in [0.15, 0.2) is 0 Å². The topological polar surface area (TPSA) is 58.3 Å². The van der Waals surface area contributed by atoms with Gasteiger partial charge in [0, 0.05) is 18.6 Å². The molecule has 3 atom stereocenters. The van der Waals surface area contributed by atoms with E-state index < -0.39 is 0 Å². The van der Waals surface area contributed by atoms with Crippen LogP contribution in [0.3, 0.4) is 0 Å². The Balaban J connectivity index is 3.79. The van der Waals surface area contributed by atoms with E-state index >= 15 is 0 Å². The van der Waals surface area contributed by atoms with E-state index in [9.17, 15) is 5.11 Å². The van der Waals surface area contributed by atoms with Crippen LogP contribution in [0.2, 0.25) is 0 Å². The largest absolute Gasteiger partial charge is 0.395 e. The lowest BCUT2D eigenvalue weighted by Gasteiger charge is -2.23. The Bertz CT molecular complexity index is 151. The zero-order valence-corrected chi connectivity index (χ0v) is 10.7. The third-order valence-electron chi connectivity index (χ3n) is 2.99. The van der Waals surface area contributed by atoms with E-state index in [1.165, 1.54) is 0 Å². The first kappa shape index (κ1) is 14.9. The monoisotopic (exact) mass is 216 g/mol. The molecule has 0 amide bonds. The van der Waals surface area contributed by atoms with Crippen molar-refractivity contribution in [1.29, 1.82) is 0 Å². The van der Waals surface area contributed by atoms with Crippen LogP contribution in [0.1, 0.15) is 40.5 Å². The number of rotatable bonds is 8. The van der Waals surface area contributed by atoms with Gasteiger partial charge in [0.05, 0.1) is 6.61 Å². The number of nitrogens with one attached hydrogen (secondary N) is 1. The summed E-state index contributed by atoms with van der Waals surface area (Å²) < 4.78 is 0. The van der Waals surface area contributed by atoms with Crippen molar-refractivity contribution in [3.63, 3.8) is 0 Å². The van der Waals surface area contributed by atoms with Crippen LogP contribution in [0.5, 0.6) is 0 Å². The first-order chi connectivity index (χ1) is 7.01. The van der Waals surface area contributed by atoms with Crippen LogP contribution in [0.25, 0.3) is 0 Å². The van der Waals surface area contributed by atoms with E-state index in [4.69, 9.17) is 5.73 Å². The lowest BCUT2D eigenvalue weighted by Crippen LogP contribution is -2.44. The molecule has 92 valence electrons. The highest BCUT2D eigenvalue weighted by molar-refractivity contribution is 4.75. The number of nitrogens with two attached hydrogens (primary N) is 1. The highest BCUT2D eigenvalue weighted by Gasteiger charge is 2.14. The molecule has 0 heterocycles. The summed E-state index contributed by atoms with van der Waals surface area (Å²) >= 11 is 0. The average molecular weight is 216 g/mol. The maximum absolute atomic E-state index is 9.18. The summed E-state index contributed by atoms with van der Waals surface area (Å²) in [6.45, 7) is 9.65. The Labute approximate surface area is 94.4 Å². The molecule has 0 aliphatic carbocycles. The number of hydrogen-bond donors (Lipinski definition) is 3. The smallest absolute Gasteiger partial charge is 0.0584 e. The van der Waals surface area contributed by atoms with Crippen molar-refractivity contribution in [3.05, 3.63) is 0 Å². The van der Waals surface area contributed by atoms with Gasteiger partial charge in [-0.2, -0.15) is 0 Å². The Hall–Kier alpha value is -0.120. The standard InChI is InChI=1S/C12H28N2O/c1-5-10(4)12(13)7-14-11(8-15)6-9(2)3/h9-12,14-15H,5-8,13H2,1-4H3/t10-,11-,12+/m0/s1. The van der Waals surface area contributed by atoms with Crippen molar-refractivity contribution in [1.82, 2.24) is 5.32 Å². The second-order valence-corrected chi connectivity index (χ2v) is 4.97. The summed E-state index contributed by atoms with van der Waals surface area (Å²) in [5.41, 5.74) is 6.02. The summed E-state index contributed by atoms with van der Waals surface area (Å²) in [4.78, 5) is 0. The molecule has 15 heavy (non-hydrogen) atoms. The lowest BCUT2D eigenvalue weighted by molar-refractivity contribution is 0.219. The third-order valence-corrected chi connectivity index (χ3v) is 2.99. The van der Waals surface area contributed by atoms with Crippen LogP contribution >= 0.6 is 0 Å². The van der Waals surface area contributed by atoms with E-state index in [1.807, 2.05) is 0 Å². The molecule has 0 rings (SSSR count). The molecule has 0 aromatic heterocycles. The molecule has 0 saturated carbocycles. The first-order valence-corrected chi connectivity index (χ1v) is 6.11. The quantitative estimate of drug-likeness (QED) is 0.574. The Morgan fingerprint density at radius 1 is 1.27 bits per heavy atom. The third kappa shape index (κ3) is 6.88. The number of aliphatic hydroxyl groups is 1. The van der Waals surface area contributed by atoms with Crippen LogP contribution < -0.4 is 11.1 Å². The van der Waals surface area contributed by atoms with Crippen LogP contribution in [-0.2, 0) is 0 Å². The summed E-state index contributed by atoms with van der Waals surface area (Å²) in [5.74, 6) is 1.14. The van der Waals surface area contributed by atoms with Gasteiger partial charge in [-0.3, -0.25) is 0 Å². The molecular weight excluding hydrogens is 188 g/mol. The molecule has 0 fully saturated rings. The van der Waals surface area contributed by atoms with Gasteiger partial charge in [-0.25, -0.2) is 0 Å². The Kier molecular flexibility index (Phi) is 8.02. The Morgan fingerprint density at radius 2 is 1.87 bits per heavy atom. The highest BCUT2D eigenvalue weighted by Crippen LogP contribution is 2.07. The van der Waals surface area contributed by atoms with Gasteiger partial charge in [0.25, 0.3) is 0 Å². The molecule has 4 N–H and O–H groups in total. The second-order valence-electron chi connectivity index (χ2n) is 4.97. The van der Waals surface area contributed by atoms with E-state index in [2.05, 4.69) is 33.0 Å². The minimum Gasteiger partial charge on any atom is -0.395 e. The van der Waals surface area contributed by atoms with E-state index in [-0.39, 0.29) is 18.7 Å². The van der Waals surface area contributed by atoms with Gasteiger partial charge < -0.3 is 16.2 Å². The molecule has 0 spiro atoms. The maximum Gasteiger partial charge on any atom is 0.0584 e. The molecule has 0 aliphatic rings. The van der Waals surface area contributed by atoms with Gasteiger partial charge >= 0.3 is 0 Å². The molecule has 0 aromatic rings. The SMILES string of the molecule is CC[C@H](C)[C@H](N)CN[C@H](CO)CC(C)C. The molecule has 0 aromatic carbocycles. The van der Waals surface area contributed by atoms with Crippen molar-refractivity contribution < 1.29 is 5.11 Å². The fourth-order valence-corrected chi connectivity index (χ4v) is 1.60. The van der Waals surface area contributed by atoms with Crippen molar-refractivity contribution in [2.45, 2.75) is 52.6 Å². The molecule has 3 nitrogen and oxygen atoms in total. The molecule has 0 saturated heterocycles. The summed E-state index contributed by atoms with van der Waals surface area (Å²) in [6, 6.07) is 0.385. The first-order valence-electron chi connectivity index (χ1n) is 6.11. The van der Waals surface area contributed by atoms with E-state index in [1.54, 1.807) is 0 Å². The minimum absolute atomic E-state index is 0.191. The number of aliphatic hydroxyl groups excluding tert-OH is 1.